The fourth-order valence-corrected chi connectivity index (χ4v) is 5.61. The van der Waals surface area contributed by atoms with Gasteiger partial charge in [-0.2, -0.15) is 0 Å². The van der Waals surface area contributed by atoms with Crippen LogP contribution in [0.3, 0.4) is 0 Å². The number of amides is 1. The van der Waals surface area contributed by atoms with Crippen molar-refractivity contribution in [2.75, 3.05) is 12.4 Å². The van der Waals surface area contributed by atoms with Gasteiger partial charge in [0.1, 0.15) is 17.2 Å². The first-order chi connectivity index (χ1) is 16.8. The lowest BCUT2D eigenvalue weighted by atomic mass is 9.74. The predicted octanol–water partition coefficient (Wildman–Crippen LogP) is 4.42. The molecule has 0 aliphatic carbocycles. The van der Waals surface area contributed by atoms with Crippen molar-refractivity contribution in [3.8, 4) is 0 Å². The molecule has 2 aliphatic heterocycles. The molecule has 0 aromatic heterocycles. The van der Waals surface area contributed by atoms with Gasteiger partial charge in [-0.05, 0) is 50.7 Å². The first-order valence-electron chi connectivity index (χ1n) is 11.4. The number of nitrogens with two attached hydrogens (primary N) is 1. The van der Waals surface area contributed by atoms with E-state index in [4.69, 9.17) is 15.5 Å². The minimum absolute atomic E-state index is 0.0459. The normalized spacial score (nSPS) is 24.8. The Bertz CT molecular complexity index is 1170. The summed E-state index contributed by atoms with van der Waals surface area (Å²) in [4.78, 5) is 22.2. The molecule has 6 nitrogen and oxygen atoms in total. The van der Waals surface area contributed by atoms with Gasteiger partial charge in [0, 0.05) is 34.9 Å². The Morgan fingerprint density at radius 3 is 2.74 bits per heavy atom. The van der Waals surface area contributed by atoms with E-state index in [0.29, 0.717) is 28.6 Å². The zero-order chi connectivity index (χ0) is 25.0. The van der Waals surface area contributed by atoms with Crippen LogP contribution in [0, 0.1) is 17.6 Å². The molecule has 4 rings (SSSR count). The third kappa shape index (κ3) is 5.46. The number of aliphatic imine (C=N–C) groups is 2. The topological polar surface area (TPSA) is 89.1 Å². The number of nitrogens with zero attached hydrogens (tertiary/aromatic N) is 2. The molecule has 3 atom stereocenters. The van der Waals surface area contributed by atoms with Gasteiger partial charge in [-0.1, -0.05) is 36.0 Å². The van der Waals surface area contributed by atoms with Crippen LogP contribution in [0.1, 0.15) is 36.2 Å². The van der Waals surface area contributed by atoms with Crippen LogP contribution in [-0.2, 0) is 10.3 Å². The highest BCUT2D eigenvalue weighted by Crippen LogP contribution is 2.47. The molecule has 0 radical (unpaired) electrons. The van der Waals surface area contributed by atoms with Gasteiger partial charge in [0.05, 0.1) is 18.4 Å². The Balaban J connectivity index is 1.70. The van der Waals surface area contributed by atoms with Crippen LogP contribution in [0.2, 0.25) is 0 Å². The number of benzene rings is 2. The van der Waals surface area contributed by atoms with E-state index in [2.05, 4.69) is 10.3 Å². The van der Waals surface area contributed by atoms with E-state index in [9.17, 15) is 9.18 Å². The largest absolute Gasteiger partial charge is 0.405 e. The third-order valence-electron chi connectivity index (χ3n) is 6.06. The van der Waals surface area contributed by atoms with Crippen LogP contribution in [0.5, 0.6) is 0 Å². The second kappa shape index (κ2) is 10.7. The summed E-state index contributed by atoms with van der Waals surface area (Å²) in [6, 6.07) is 12.3. The molecule has 0 unspecified atom stereocenters. The molecular weight excluding hydrogens is 470 g/mol. The van der Waals surface area contributed by atoms with E-state index in [1.165, 1.54) is 30.1 Å². The molecule has 1 fully saturated rings. The van der Waals surface area contributed by atoms with Crippen LogP contribution in [0.15, 0.2) is 70.8 Å². The van der Waals surface area contributed by atoms with Crippen molar-refractivity contribution >= 4 is 28.5 Å². The molecule has 2 aromatic rings. The minimum atomic E-state index is -1.12. The van der Waals surface area contributed by atoms with Crippen LogP contribution in [-0.4, -0.2) is 41.3 Å². The van der Waals surface area contributed by atoms with E-state index in [1.54, 1.807) is 30.3 Å². The summed E-state index contributed by atoms with van der Waals surface area (Å²) < 4.78 is 35.1. The summed E-state index contributed by atoms with van der Waals surface area (Å²) in [7, 11) is 0. The van der Waals surface area contributed by atoms with Gasteiger partial charge in [-0.3, -0.25) is 9.79 Å². The summed E-state index contributed by atoms with van der Waals surface area (Å²) in [5, 5.41) is 3.22. The lowest BCUT2D eigenvalue weighted by molar-refractivity contribution is -0.0251. The number of carbonyl (C=O) groups excluding carboxylic acids is 1. The standard InChI is InChI=1S/C26H28F2N4O2S/c1-16(2)30-22(10-11-29)23-12-18-14-35-25(31-24(33)17-6-4-3-5-7-17)32-26(18,15-34-23)20-9-8-19(27)13-21(20)28/h3-11,13,16,18,23H,12,14-15,29H2,1-2H3,(H,31,32,33)/t18-,23+,26-/m0/s1. The van der Waals surface area contributed by atoms with Gasteiger partial charge in [0.15, 0.2) is 5.17 Å². The molecule has 2 aliphatic rings. The number of nitrogens with one attached hydrogen (secondary N) is 1. The summed E-state index contributed by atoms with van der Waals surface area (Å²) in [6.45, 7) is 3.98. The molecule has 1 saturated heterocycles. The van der Waals surface area contributed by atoms with Crippen LogP contribution in [0.4, 0.5) is 8.78 Å². The van der Waals surface area contributed by atoms with Crippen molar-refractivity contribution in [2.45, 2.75) is 38.0 Å². The van der Waals surface area contributed by atoms with Crippen molar-refractivity contribution in [1.82, 2.24) is 5.32 Å². The summed E-state index contributed by atoms with van der Waals surface area (Å²) >= 11 is 1.40. The average Bonchev–Trinajstić information content (AvgIpc) is 2.83. The molecule has 2 heterocycles. The lowest BCUT2D eigenvalue weighted by Crippen LogP contribution is -2.52. The maximum atomic E-state index is 15.1. The quantitative estimate of drug-likeness (QED) is 0.598. The zero-order valence-electron chi connectivity index (χ0n) is 19.6. The van der Waals surface area contributed by atoms with Crippen molar-refractivity contribution in [2.24, 2.45) is 21.6 Å². The van der Waals surface area contributed by atoms with E-state index in [-0.39, 0.29) is 36.1 Å². The SMILES string of the molecule is CC(C)N=C(C=CN)[C@H]1C[C@H]2CSC(NC(=O)c3ccccc3)=N[C@@]2(c2ccc(F)cc2F)CO1. The van der Waals surface area contributed by atoms with Gasteiger partial charge in [-0.25, -0.2) is 13.8 Å². The predicted molar refractivity (Wildman–Crippen MR) is 136 cm³/mol. The molecule has 0 saturated carbocycles. The summed E-state index contributed by atoms with van der Waals surface area (Å²) in [5.41, 5.74) is 5.97. The fraction of sp³-hybridized carbons (Fsp3) is 0.346. The maximum Gasteiger partial charge on any atom is 0.257 e. The first-order valence-corrected chi connectivity index (χ1v) is 12.4. The van der Waals surface area contributed by atoms with Gasteiger partial charge < -0.3 is 15.8 Å². The number of fused-ring (bicyclic) bond motifs is 1. The number of thioether (sulfide) groups is 1. The molecule has 35 heavy (non-hydrogen) atoms. The van der Waals surface area contributed by atoms with Crippen molar-refractivity contribution in [3.05, 3.63) is 83.6 Å². The molecular formula is C26H28F2N4O2S. The van der Waals surface area contributed by atoms with Gasteiger partial charge in [0.25, 0.3) is 5.91 Å². The maximum absolute atomic E-state index is 15.1. The average molecular weight is 499 g/mol. The number of hydrogen-bond donors (Lipinski definition) is 2. The highest BCUT2D eigenvalue weighted by atomic mass is 32.2. The highest BCUT2D eigenvalue weighted by molar-refractivity contribution is 8.13. The minimum Gasteiger partial charge on any atom is -0.405 e. The lowest BCUT2D eigenvalue weighted by Gasteiger charge is -2.46. The summed E-state index contributed by atoms with van der Waals surface area (Å²) in [6.07, 6.45) is 3.33. The number of amidine groups is 1. The van der Waals surface area contributed by atoms with Crippen LogP contribution >= 0.6 is 11.8 Å². The molecule has 0 bridgehead atoms. The third-order valence-corrected chi connectivity index (χ3v) is 7.09. The van der Waals surface area contributed by atoms with E-state index in [0.717, 1.165) is 6.07 Å². The van der Waals surface area contributed by atoms with E-state index >= 15 is 4.39 Å². The number of hydrogen-bond acceptors (Lipinski definition) is 6. The Morgan fingerprint density at radius 2 is 2.06 bits per heavy atom. The fourth-order valence-electron chi connectivity index (χ4n) is 4.45. The monoisotopic (exact) mass is 498 g/mol. The van der Waals surface area contributed by atoms with Crippen molar-refractivity contribution in [1.29, 1.82) is 0 Å². The van der Waals surface area contributed by atoms with Gasteiger partial charge in [-0.15, -0.1) is 0 Å². The smallest absolute Gasteiger partial charge is 0.257 e. The molecule has 9 heteroatoms. The van der Waals surface area contributed by atoms with Crippen LogP contribution in [0.25, 0.3) is 0 Å². The molecule has 3 N–H and O–H groups in total. The van der Waals surface area contributed by atoms with Crippen molar-refractivity contribution in [3.63, 3.8) is 0 Å². The summed E-state index contributed by atoms with van der Waals surface area (Å²) in [5.74, 6) is -1.25. The first kappa shape index (κ1) is 25.1. The Morgan fingerprint density at radius 1 is 1.29 bits per heavy atom. The highest BCUT2D eigenvalue weighted by Gasteiger charge is 2.50. The van der Waals surface area contributed by atoms with E-state index < -0.39 is 17.2 Å². The second-order valence-corrected chi connectivity index (χ2v) is 9.84. The zero-order valence-corrected chi connectivity index (χ0v) is 20.4. The van der Waals surface area contributed by atoms with Gasteiger partial charge >= 0.3 is 0 Å². The number of rotatable bonds is 5. The number of carbonyl (C=O) groups is 1. The molecule has 184 valence electrons. The Hall–Kier alpha value is -3.04. The Labute approximate surface area is 207 Å². The molecule has 1 amide bonds. The molecule has 2 aromatic carbocycles. The molecule has 0 spiro atoms. The van der Waals surface area contributed by atoms with Crippen LogP contribution < -0.4 is 11.1 Å². The number of ether oxygens (including phenoxy) is 1. The van der Waals surface area contributed by atoms with Crippen molar-refractivity contribution < 1.29 is 18.3 Å². The van der Waals surface area contributed by atoms with E-state index in [1.807, 2.05) is 19.9 Å². The Kier molecular flexibility index (Phi) is 7.66. The van der Waals surface area contributed by atoms with Gasteiger partial charge in [0.2, 0.25) is 0 Å². The number of halogens is 2. The second-order valence-electron chi connectivity index (χ2n) is 8.84.